The smallest absolute Gasteiger partial charge is 0.377 e. The van der Waals surface area contributed by atoms with Crippen LogP contribution in [-0.4, -0.2) is 35.9 Å². The van der Waals surface area contributed by atoms with E-state index in [1.54, 1.807) is 0 Å². The zero-order valence-corrected chi connectivity index (χ0v) is 9.33. The first-order valence-electron chi connectivity index (χ1n) is 3.95. The normalized spacial score (nSPS) is 11.3. The summed E-state index contributed by atoms with van der Waals surface area (Å²) in [7, 11) is 2.01. The van der Waals surface area contributed by atoms with Crippen LogP contribution >= 0.6 is 0 Å². The van der Waals surface area contributed by atoms with Gasteiger partial charge in [-0.3, -0.25) is 4.79 Å². The Balaban J connectivity index is 4.09. The summed E-state index contributed by atoms with van der Waals surface area (Å²) in [6, 6.07) is 0.487. The van der Waals surface area contributed by atoms with Gasteiger partial charge in [0.15, 0.2) is 5.78 Å². The van der Waals surface area contributed by atoms with Crippen LogP contribution in [0.3, 0.4) is 0 Å². The van der Waals surface area contributed by atoms with E-state index >= 15 is 0 Å². The van der Waals surface area contributed by atoms with Crippen molar-refractivity contribution < 1.29 is 18.1 Å². The molecule has 0 aliphatic rings. The van der Waals surface area contributed by atoms with Gasteiger partial charge in [-0.25, -0.2) is 0 Å². The first kappa shape index (κ1) is 12.5. The Hall–Kier alpha value is -0.493. The lowest BCUT2D eigenvalue weighted by molar-refractivity contribution is -0.114. The lowest BCUT2D eigenvalue weighted by Gasteiger charge is -2.23. The molecule has 0 saturated carbocycles. The molecule has 0 amide bonds. The topological polar surface area (TPSA) is 44.8 Å². The molecule has 0 aliphatic carbocycles. The highest BCUT2D eigenvalue weighted by Crippen LogP contribution is 2.14. The summed E-state index contributed by atoms with van der Waals surface area (Å²) in [6.45, 7) is 3.38. The van der Waals surface area contributed by atoms with Gasteiger partial charge in [0, 0.05) is 33.8 Å². The van der Waals surface area contributed by atoms with Crippen LogP contribution in [0.15, 0.2) is 12.7 Å². The van der Waals surface area contributed by atoms with Crippen molar-refractivity contribution in [2.24, 2.45) is 0 Å². The van der Waals surface area contributed by atoms with Crippen LogP contribution in [0.2, 0.25) is 6.04 Å². The van der Waals surface area contributed by atoms with Gasteiger partial charge in [0.1, 0.15) is 0 Å². The summed E-state index contributed by atoms with van der Waals surface area (Å²) in [5.74, 6) is -0.0250. The van der Waals surface area contributed by atoms with Crippen molar-refractivity contribution in [1.82, 2.24) is 0 Å². The average molecular weight is 204 g/mol. The van der Waals surface area contributed by atoms with Crippen LogP contribution in [0.4, 0.5) is 0 Å². The van der Waals surface area contributed by atoms with Crippen LogP contribution in [0.5, 0.6) is 0 Å². The van der Waals surface area contributed by atoms with Crippen molar-refractivity contribution in [3.63, 3.8) is 0 Å². The van der Waals surface area contributed by atoms with Crippen molar-refractivity contribution in [2.45, 2.75) is 12.5 Å². The zero-order valence-electron chi connectivity index (χ0n) is 8.33. The quantitative estimate of drug-likeness (QED) is 0.458. The molecule has 76 valence electrons. The summed E-state index contributed by atoms with van der Waals surface area (Å²) < 4.78 is 15.4. The predicted octanol–water partition coefficient (Wildman–Crippen LogP) is 1.01. The van der Waals surface area contributed by atoms with E-state index in [2.05, 4.69) is 6.58 Å². The van der Waals surface area contributed by atoms with E-state index < -0.39 is 8.80 Å². The van der Waals surface area contributed by atoms with Gasteiger partial charge >= 0.3 is 8.80 Å². The molecule has 0 saturated heterocycles. The third-order valence-corrected chi connectivity index (χ3v) is 4.57. The van der Waals surface area contributed by atoms with Gasteiger partial charge in [0.2, 0.25) is 0 Å². The van der Waals surface area contributed by atoms with E-state index in [0.29, 0.717) is 12.5 Å². The molecule has 0 aromatic carbocycles. The zero-order chi connectivity index (χ0) is 10.3. The Labute approximate surface area is 79.9 Å². The molecule has 0 aliphatic heterocycles. The van der Waals surface area contributed by atoms with Gasteiger partial charge in [-0.05, 0) is 6.08 Å². The summed E-state index contributed by atoms with van der Waals surface area (Å²) >= 11 is 0. The molecule has 0 fully saturated rings. The minimum atomic E-state index is -2.57. The molecule has 13 heavy (non-hydrogen) atoms. The number of rotatable bonds is 7. The minimum absolute atomic E-state index is 0.0250. The Kier molecular flexibility index (Phi) is 5.81. The Morgan fingerprint density at radius 2 is 1.77 bits per heavy atom. The molecule has 0 aromatic heterocycles. The first-order valence-corrected chi connectivity index (χ1v) is 5.88. The number of carbonyl (C=O) groups is 1. The average Bonchev–Trinajstić information content (AvgIpc) is 2.20. The molecular formula is C8H16O4Si. The molecule has 0 rings (SSSR count). The Morgan fingerprint density at radius 1 is 1.31 bits per heavy atom. The van der Waals surface area contributed by atoms with Crippen LogP contribution < -0.4 is 0 Å². The van der Waals surface area contributed by atoms with Crippen molar-refractivity contribution in [1.29, 1.82) is 0 Å². The first-order chi connectivity index (χ1) is 6.14. The number of hydrogen-bond acceptors (Lipinski definition) is 4. The Bertz CT molecular complexity index is 169. The second-order valence-electron chi connectivity index (χ2n) is 2.47. The third-order valence-electron chi connectivity index (χ3n) is 1.84. The maximum atomic E-state index is 10.9. The second-order valence-corrected chi connectivity index (χ2v) is 5.56. The van der Waals surface area contributed by atoms with E-state index in [-0.39, 0.29) is 5.78 Å². The van der Waals surface area contributed by atoms with Gasteiger partial charge in [-0.2, -0.15) is 0 Å². The number of allylic oxidation sites excluding steroid dienone is 1. The molecule has 0 radical (unpaired) electrons. The van der Waals surface area contributed by atoms with Gasteiger partial charge in [0.25, 0.3) is 0 Å². The van der Waals surface area contributed by atoms with Crippen LogP contribution in [0.25, 0.3) is 0 Å². The van der Waals surface area contributed by atoms with Crippen molar-refractivity contribution in [3.05, 3.63) is 12.7 Å². The van der Waals surface area contributed by atoms with E-state index in [1.807, 2.05) is 0 Å². The van der Waals surface area contributed by atoms with Gasteiger partial charge < -0.3 is 13.3 Å². The van der Waals surface area contributed by atoms with Crippen LogP contribution in [0, 0.1) is 0 Å². The summed E-state index contributed by atoms with van der Waals surface area (Å²) in [5.41, 5.74) is 0. The molecule has 0 bridgehead atoms. The van der Waals surface area contributed by atoms with Crippen molar-refractivity contribution >= 4 is 14.6 Å². The SMILES string of the molecule is C=CC(=O)CC[Si](OC)(OC)OC. The van der Waals surface area contributed by atoms with Crippen molar-refractivity contribution in [3.8, 4) is 0 Å². The second kappa shape index (κ2) is 6.04. The van der Waals surface area contributed by atoms with E-state index in [4.69, 9.17) is 13.3 Å². The fourth-order valence-electron chi connectivity index (χ4n) is 0.935. The fourth-order valence-corrected chi connectivity index (χ4v) is 2.60. The largest absolute Gasteiger partial charge is 0.500 e. The van der Waals surface area contributed by atoms with E-state index in [0.717, 1.165) is 0 Å². The molecule has 5 heteroatoms. The van der Waals surface area contributed by atoms with Gasteiger partial charge in [0.05, 0.1) is 0 Å². The van der Waals surface area contributed by atoms with Crippen LogP contribution in [-0.2, 0) is 18.1 Å². The van der Waals surface area contributed by atoms with Gasteiger partial charge in [-0.1, -0.05) is 6.58 Å². The molecule has 0 heterocycles. The maximum Gasteiger partial charge on any atom is 0.500 e. The fraction of sp³-hybridized carbons (Fsp3) is 0.625. The number of ketones is 1. The summed E-state index contributed by atoms with van der Waals surface area (Å²) in [4.78, 5) is 10.9. The molecular weight excluding hydrogens is 188 g/mol. The number of carbonyl (C=O) groups excluding carboxylic acids is 1. The summed E-state index contributed by atoms with van der Waals surface area (Å²) in [6.07, 6.45) is 1.64. The highest BCUT2D eigenvalue weighted by Gasteiger charge is 2.37. The summed E-state index contributed by atoms with van der Waals surface area (Å²) in [5, 5.41) is 0. The van der Waals surface area contributed by atoms with E-state index in [9.17, 15) is 4.79 Å². The monoisotopic (exact) mass is 204 g/mol. The molecule has 0 N–H and O–H groups in total. The van der Waals surface area contributed by atoms with Gasteiger partial charge in [-0.15, -0.1) is 0 Å². The highest BCUT2D eigenvalue weighted by atomic mass is 28.4. The minimum Gasteiger partial charge on any atom is -0.377 e. The predicted molar refractivity (Wildman–Crippen MR) is 51.4 cm³/mol. The molecule has 4 nitrogen and oxygen atoms in total. The number of hydrogen-bond donors (Lipinski definition) is 0. The molecule has 0 unspecified atom stereocenters. The molecule has 0 atom stereocenters. The molecule has 0 aromatic rings. The lowest BCUT2D eigenvalue weighted by Crippen LogP contribution is -2.42. The molecule has 0 spiro atoms. The highest BCUT2D eigenvalue weighted by molar-refractivity contribution is 6.60. The third kappa shape index (κ3) is 3.82. The maximum absolute atomic E-state index is 10.9. The standard InChI is InChI=1S/C8H16O4Si/c1-5-8(9)6-7-13(10-2,11-3)12-4/h5H,1,6-7H2,2-4H3. The lowest BCUT2D eigenvalue weighted by atomic mass is 10.3. The Morgan fingerprint density at radius 3 is 2.08 bits per heavy atom. The van der Waals surface area contributed by atoms with E-state index in [1.165, 1.54) is 27.4 Å². The van der Waals surface area contributed by atoms with Crippen molar-refractivity contribution in [2.75, 3.05) is 21.3 Å². The van der Waals surface area contributed by atoms with Crippen LogP contribution in [0.1, 0.15) is 6.42 Å².